The van der Waals surface area contributed by atoms with Gasteiger partial charge in [-0.1, -0.05) is 18.7 Å². The molecule has 1 rings (SSSR count). The van der Waals surface area contributed by atoms with Crippen LogP contribution in [0.5, 0.6) is 0 Å². The predicted octanol–water partition coefficient (Wildman–Crippen LogP) is 3.73. The van der Waals surface area contributed by atoms with E-state index < -0.39 is 0 Å². The average Bonchev–Trinajstić information content (AvgIpc) is 2.06. The predicted molar refractivity (Wildman–Crippen MR) is 66.2 cm³/mol. The van der Waals surface area contributed by atoms with E-state index in [-0.39, 0.29) is 11.3 Å². The van der Waals surface area contributed by atoms with Crippen LogP contribution in [0.1, 0.15) is 31.9 Å². The summed E-state index contributed by atoms with van der Waals surface area (Å²) in [6, 6.07) is 5.76. The highest BCUT2D eigenvalue weighted by Crippen LogP contribution is 2.23. The maximum atomic E-state index is 9.32. The molecule has 0 radical (unpaired) electrons. The van der Waals surface area contributed by atoms with Crippen molar-refractivity contribution in [3.8, 4) is 0 Å². The van der Waals surface area contributed by atoms with E-state index in [1.807, 2.05) is 25.1 Å². The Hall–Kier alpha value is -1.44. The Morgan fingerprint density at radius 1 is 1.33 bits per heavy atom. The zero-order valence-electron chi connectivity index (χ0n) is 9.89. The average molecular weight is 205 g/mol. The van der Waals surface area contributed by atoms with Crippen LogP contribution in [0.25, 0.3) is 5.76 Å². The topological polar surface area (TPSA) is 32.3 Å². The SMILES string of the molecule is C=C(O)c1ccc(C)c(NC(C)(C)C)c1. The number of hydrogen-bond donors (Lipinski definition) is 2. The number of aliphatic hydroxyl groups is 1. The van der Waals surface area contributed by atoms with Crippen LogP contribution in [-0.2, 0) is 0 Å². The third-order valence-electron chi connectivity index (χ3n) is 2.08. The maximum Gasteiger partial charge on any atom is 0.115 e. The molecule has 0 aromatic heterocycles. The Morgan fingerprint density at radius 3 is 2.40 bits per heavy atom. The summed E-state index contributed by atoms with van der Waals surface area (Å²) in [5.74, 6) is 0.104. The van der Waals surface area contributed by atoms with E-state index in [9.17, 15) is 5.11 Å². The summed E-state index contributed by atoms with van der Waals surface area (Å²) >= 11 is 0. The second-order valence-electron chi connectivity index (χ2n) is 4.85. The summed E-state index contributed by atoms with van der Waals surface area (Å²) in [6.07, 6.45) is 0. The molecule has 0 aliphatic carbocycles. The van der Waals surface area contributed by atoms with E-state index in [4.69, 9.17) is 0 Å². The van der Waals surface area contributed by atoms with Crippen LogP contribution in [-0.4, -0.2) is 10.6 Å². The zero-order valence-corrected chi connectivity index (χ0v) is 9.89. The highest BCUT2D eigenvalue weighted by molar-refractivity contribution is 5.64. The van der Waals surface area contributed by atoms with Gasteiger partial charge in [-0.15, -0.1) is 0 Å². The van der Waals surface area contributed by atoms with Gasteiger partial charge in [-0.05, 0) is 39.3 Å². The van der Waals surface area contributed by atoms with Gasteiger partial charge in [0, 0.05) is 16.8 Å². The summed E-state index contributed by atoms with van der Waals surface area (Å²) in [4.78, 5) is 0. The van der Waals surface area contributed by atoms with Crippen molar-refractivity contribution in [2.24, 2.45) is 0 Å². The van der Waals surface area contributed by atoms with Crippen LogP contribution < -0.4 is 5.32 Å². The van der Waals surface area contributed by atoms with E-state index in [0.717, 1.165) is 16.8 Å². The standard InChI is InChI=1S/C13H19NO/c1-9-6-7-11(10(2)15)8-12(9)14-13(3,4)5/h6-8,14-15H,2H2,1,3-5H3. The lowest BCUT2D eigenvalue weighted by molar-refractivity contribution is 0.514. The molecule has 15 heavy (non-hydrogen) atoms. The first-order chi connectivity index (χ1) is 6.79. The molecular weight excluding hydrogens is 186 g/mol. The Balaban J connectivity index is 3.06. The van der Waals surface area contributed by atoms with E-state index in [0.29, 0.717) is 0 Å². The highest BCUT2D eigenvalue weighted by Gasteiger charge is 2.11. The molecule has 0 unspecified atom stereocenters. The molecule has 0 heterocycles. The van der Waals surface area contributed by atoms with Crippen LogP contribution in [0, 0.1) is 6.92 Å². The fourth-order valence-corrected chi connectivity index (χ4v) is 1.34. The van der Waals surface area contributed by atoms with Crippen molar-refractivity contribution >= 4 is 11.4 Å². The molecule has 2 nitrogen and oxygen atoms in total. The molecule has 2 N–H and O–H groups in total. The second kappa shape index (κ2) is 3.97. The lowest BCUT2D eigenvalue weighted by atomic mass is 10.0. The number of anilines is 1. The van der Waals surface area contributed by atoms with Gasteiger partial charge in [0.15, 0.2) is 0 Å². The minimum Gasteiger partial charge on any atom is -0.508 e. The normalized spacial score (nSPS) is 11.2. The molecule has 0 saturated carbocycles. The fraction of sp³-hybridized carbons (Fsp3) is 0.385. The van der Waals surface area contributed by atoms with Crippen molar-refractivity contribution < 1.29 is 5.11 Å². The molecule has 0 aliphatic heterocycles. The maximum absolute atomic E-state index is 9.32. The molecule has 0 atom stereocenters. The molecule has 0 amide bonds. The van der Waals surface area contributed by atoms with Crippen molar-refractivity contribution in [1.29, 1.82) is 0 Å². The van der Waals surface area contributed by atoms with E-state index in [2.05, 4.69) is 32.7 Å². The monoisotopic (exact) mass is 205 g/mol. The number of benzene rings is 1. The van der Waals surface area contributed by atoms with E-state index >= 15 is 0 Å². The Labute approximate surface area is 91.6 Å². The Bertz CT molecular complexity index is 375. The van der Waals surface area contributed by atoms with Crippen LogP contribution >= 0.6 is 0 Å². The van der Waals surface area contributed by atoms with Crippen molar-refractivity contribution in [1.82, 2.24) is 0 Å². The number of aryl methyl sites for hydroxylation is 1. The van der Waals surface area contributed by atoms with Crippen LogP contribution in [0.15, 0.2) is 24.8 Å². The van der Waals surface area contributed by atoms with Gasteiger partial charge >= 0.3 is 0 Å². The van der Waals surface area contributed by atoms with Crippen LogP contribution in [0.3, 0.4) is 0 Å². The third kappa shape index (κ3) is 3.31. The minimum absolute atomic E-state index is 0.0141. The third-order valence-corrected chi connectivity index (χ3v) is 2.08. The van der Waals surface area contributed by atoms with Crippen molar-refractivity contribution in [3.05, 3.63) is 35.9 Å². The van der Waals surface area contributed by atoms with Crippen molar-refractivity contribution in [2.45, 2.75) is 33.2 Å². The molecule has 1 aromatic rings. The zero-order chi connectivity index (χ0) is 11.6. The summed E-state index contributed by atoms with van der Waals surface area (Å²) in [6.45, 7) is 11.9. The molecule has 0 bridgehead atoms. The highest BCUT2D eigenvalue weighted by atomic mass is 16.3. The van der Waals surface area contributed by atoms with Gasteiger partial charge < -0.3 is 10.4 Å². The van der Waals surface area contributed by atoms with Crippen LogP contribution in [0.2, 0.25) is 0 Å². The summed E-state index contributed by atoms with van der Waals surface area (Å²) in [7, 11) is 0. The van der Waals surface area contributed by atoms with Gasteiger partial charge in [0.1, 0.15) is 5.76 Å². The van der Waals surface area contributed by atoms with Gasteiger partial charge in [0.05, 0.1) is 0 Å². The van der Waals surface area contributed by atoms with Gasteiger partial charge in [0.25, 0.3) is 0 Å². The van der Waals surface area contributed by atoms with E-state index in [1.54, 1.807) is 0 Å². The Kier molecular flexibility index (Phi) is 3.08. The summed E-state index contributed by atoms with van der Waals surface area (Å²) in [5.41, 5.74) is 2.97. The number of nitrogens with one attached hydrogen (secondary N) is 1. The van der Waals surface area contributed by atoms with E-state index in [1.165, 1.54) is 0 Å². The lowest BCUT2D eigenvalue weighted by Crippen LogP contribution is -2.26. The molecule has 2 heteroatoms. The quantitative estimate of drug-likeness (QED) is 0.721. The summed E-state index contributed by atoms with van der Waals surface area (Å²) in [5, 5.41) is 12.7. The van der Waals surface area contributed by atoms with Gasteiger partial charge in [-0.25, -0.2) is 0 Å². The van der Waals surface area contributed by atoms with Gasteiger partial charge in [-0.3, -0.25) is 0 Å². The van der Waals surface area contributed by atoms with Crippen molar-refractivity contribution in [2.75, 3.05) is 5.32 Å². The lowest BCUT2D eigenvalue weighted by Gasteiger charge is -2.24. The molecular formula is C13H19NO. The van der Waals surface area contributed by atoms with Gasteiger partial charge in [-0.2, -0.15) is 0 Å². The largest absolute Gasteiger partial charge is 0.508 e. The first-order valence-corrected chi connectivity index (χ1v) is 5.07. The molecule has 82 valence electrons. The minimum atomic E-state index is 0.0141. The molecule has 0 aliphatic rings. The second-order valence-corrected chi connectivity index (χ2v) is 4.85. The van der Waals surface area contributed by atoms with Crippen molar-refractivity contribution in [3.63, 3.8) is 0 Å². The molecule has 0 spiro atoms. The fourth-order valence-electron chi connectivity index (χ4n) is 1.34. The summed E-state index contributed by atoms with van der Waals surface area (Å²) < 4.78 is 0. The molecule has 1 aromatic carbocycles. The van der Waals surface area contributed by atoms with Gasteiger partial charge in [0.2, 0.25) is 0 Å². The Morgan fingerprint density at radius 2 is 1.93 bits per heavy atom. The number of rotatable bonds is 2. The number of hydrogen-bond acceptors (Lipinski definition) is 2. The smallest absolute Gasteiger partial charge is 0.115 e. The van der Waals surface area contributed by atoms with Crippen LogP contribution in [0.4, 0.5) is 5.69 Å². The molecule has 0 saturated heterocycles. The first kappa shape index (κ1) is 11.6. The molecule has 0 fully saturated rings. The number of aliphatic hydroxyl groups excluding tert-OH is 1. The first-order valence-electron chi connectivity index (χ1n) is 5.07.